The Balaban J connectivity index is 1.63. The Bertz CT molecular complexity index is 1250. The van der Waals surface area contributed by atoms with Crippen molar-refractivity contribution in [3.05, 3.63) is 108 Å². The largest absolute Gasteiger partial charge is 0.508 e. The zero-order chi connectivity index (χ0) is 22.9. The third-order valence-corrected chi connectivity index (χ3v) is 6.46. The van der Waals surface area contributed by atoms with Crippen molar-refractivity contribution in [3.8, 4) is 11.4 Å². The molecule has 6 heteroatoms. The Morgan fingerprint density at radius 1 is 0.909 bits per heavy atom. The summed E-state index contributed by atoms with van der Waals surface area (Å²) in [5, 5.41) is 14.0. The lowest BCUT2D eigenvalue weighted by atomic mass is 9.99. The van der Waals surface area contributed by atoms with Crippen molar-refractivity contribution in [2.75, 3.05) is 4.90 Å². The molecule has 4 aromatic rings. The third kappa shape index (κ3) is 3.98. The summed E-state index contributed by atoms with van der Waals surface area (Å²) in [6.07, 6.45) is 3.86. The lowest BCUT2D eigenvalue weighted by molar-refractivity contribution is 0.475. The van der Waals surface area contributed by atoms with Gasteiger partial charge < -0.3 is 19.9 Å². The van der Waals surface area contributed by atoms with E-state index in [1.54, 1.807) is 12.1 Å². The Morgan fingerprint density at radius 3 is 2.30 bits per heavy atom. The summed E-state index contributed by atoms with van der Waals surface area (Å²) in [6, 6.07) is 25.8. The minimum atomic E-state index is -0.116. The van der Waals surface area contributed by atoms with Gasteiger partial charge >= 0.3 is 0 Å². The molecule has 0 amide bonds. The number of rotatable bonds is 5. The predicted molar refractivity (Wildman–Crippen MR) is 136 cm³/mol. The summed E-state index contributed by atoms with van der Waals surface area (Å²) < 4.78 is 2.14. The predicted octanol–water partition coefficient (Wildman–Crippen LogP) is 5.88. The second-order valence-corrected chi connectivity index (χ2v) is 8.95. The number of phenols is 1. The van der Waals surface area contributed by atoms with Crippen LogP contribution in [0.15, 0.2) is 91.3 Å². The van der Waals surface area contributed by atoms with E-state index in [1.807, 2.05) is 48.8 Å². The van der Waals surface area contributed by atoms with Crippen LogP contribution in [0, 0.1) is 0 Å². The molecule has 2 aromatic carbocycles. The number of aromatic nitrogens is 2. The van der Waals surface area contributed by atoms with E-state index in [0.717, 1.165) is 22.8 Å². The number of anilines is 1. The molecule has 0 radical (unpaired) electrons. The number of pyridine rings is 1. The number of hydrogen-bond donors (Lipinski definition) is 2. The van der Waals surface area contributed by atoms with Crippen molar-refractivity contribution in [2.24, 2.45) is 0 Å². The molecule has 0 bridgehead atoms. The van der Waals surface area contributed by atoms with Crippen LogP contribution >= 0.6 is 12.2 Å². The van der Waals surface area contributed by atoms with Crippen LogP contribution in [0.1, 0.15) is 48.8 Å². The van der Waals surface area contributed by atoms with E-state index >= 15 is 0 Å². The van der Waals surface area contributed by atoms with E-state index in [9.17, 15) is 5.11 Å². The lowest BCUT2D eigenvalue weighted by Gasteiger charge is -2.29. The van der Waals surface area contributed by atoms with Crippen molar-refractivity contribution in [2.45, 2.75) is 31.8 Å². The number of nitrogens with zero attached hydrogens (tertiary/aromatic N) is 3. The molecule has 3 heterocycles. The molecule has 2 aromatic heterocycles. The molecule has 0 spiro atoms. The molecule has 166 valence electrons. The van der Waals surface area contributed by atoms with Gasteiger partial charge in [0.25, 0.3) is 0 Å². The van der Waals surface area contributed by atoms with Gasteiger partial charge in [0.1, 0.15) is 11.8 Å². The molecule has 2 N–H and O–H groups in total. The smallest absolute Gasteiger partial charge is 0.174 e. The summed E-state index contributed by atoms with van der Waals surface area (Å²) in [4.78, 5) is 6.83. The average molecular weight is 455 g/mol. The summed E-state index contributed by atoms with van der Waals surface area (Å²) in [5.41, 5.74) is 5.32. The van der Waals surface area contributed by atoms with Crippen LogP contribution in [0.4, 0.5) is 5.69 Å². The standard InChI is InChI=1S/C27H26N4OS/c1-18(2)19-8-10-21(11-9-19)31-26(25(29-27(31)33)23-6-3-4-16-28-23)24-7-5-17-30(24)20-12-14-22(32)15-13-20/h3-18,25-26,32H,1-2H3,(H,29,33)/t25-,26-/m0/s1. The van der Waals surface area contributed by atoms with Crippen LogP contribution in [0.3, 0.4) is 0 Å². The highest BCUT2D eigenvalue weighted by Crippen LogP contribution is 2.42. The van der Waals surface area contributed by atoms with Gasteiger partial charge in [0, 0.05) is 29.5 Å². The molecule has 0 unspecified atom stereocenters. The fourth-order valence-corrected chi connectivity index (χ4v) is 4.78. The number of aromatic hydroxyl groups is 1. The highest BCUT2D eigenvalue weighted by atomic mass is 32.1. The van der Waals surface area contributed by atoms with E-state index < -0.39 is 0 Å². The molecule has 1 fully saturated rings. The Kier molecular flexibility index (Phi) is 5.60. The lowest BCUT2D eigenvalue weighted by Crippen LogP contribution is -2.30. The number of hydrogen-bond acceptors (Lipinski definition) is 3. The van der Waals surface area contributed by atoms with E-state index in [1.165, 1.54) is 5.56 Å². The van der Waals surface area contributed by atoms with Crippen molar-refractivity contribution in [1.29, 1.82) is 0 Å². The molecule has 2 atom stereocenters. The van der Waals surface area contributed by atoms with Crippen LogP contribution in [-0.2, 0) is 0 Å². The normalized spacial score (nSPS) is 18.0. The van der Waals surface area contributed by atoms with Crippen molar-refractivity contribution < 1.29 is 5.11 Å². The first kappa shape index (κ1) is 21.2. The highest BCUT2D eigenvalue weighted by molar-refractivity contribution is 7.80. The van der Waals surface area contributed by atoms with Gasteiger partial charge in [-0.3, -0.25) is 4.98 Å². The van der Waals surface area contributed by atoms with Gasteiger partial charge in [-0.25, -0.2) is 0 Å². The molecular formula is C27H26N4OS. The van der Waals surface area contributed by atoms with Crippen LogP contribution in [0.2, 0.25) is 0 Å². The molecule has 0 saturated carbocycles. The molecule has 1 saturated heterocycles. The quantitative estimate of drug-likeness (QED) is 0.369. The molecular weight excluding hydrogens is 428 g/mol. The highest BCUT2D eigenvalue weighted by Gasteiger charge is 2.42. The minimum absolute atomic E-state index is 0.110. The third-order valence-electron chi connectivity index (χ3n) is 6.15. The van der Waals surface area contributed by atoms with Crippen LogP contribution in [0.5, 0.6) is 5.75 Å². The van der Waals surface area contributed by atoms with E-state index in [-0.39, 0.29) is 17.8 Å². The Labute approximate surface area is 199 Å². The van der Waals surface area contributed by atoms with E-state index in [0.29, 0.717) is 11.0 Å². The summed E-state index contributed by atoms with van der Waals surface area (Å²) in [5.74, 6) is 0.709. The maximum Gasteiger partial charge on any atom is 0.174 e. The van der Waals surface area contributed by atoms with Gasteiger partial charge in [-0.1, -0.05) is 32.0 Å². The Hall–Kier alpha value is -3.64. The van der Waals surface area contributed by atoms with Gasteiger partial charge in [0.05, 0.1) is 11.7 Å². The average Bonchev–Trinajstić information content (AvgIpc) is 3.44. The molecule has 5 rings (SSSR count). The summed E-state index contributed by atoms with van der Waals surface area (Å²) in [6.45, 7) is 4.39. The van der Waals surface area contributed by atoms with Crippen molar-refractivity contribution in [3.63, 3.8) is 0 Å². The molecule has 1 aliphatic heterocycles. The second kappa shape index (κ2) is 8.71. The molecule has 5 nitrogen and oxygen atoms in total. The topological polar surface area (TPSA) is 53.3 Å². The monoisotopic (exact) mass is 454 g/mol. The van der Waals surface area contributed by atoms with Gasteiger partial charge in [-0.05, 0) is 84.4 Å². The van der Waals surface area contributed by atoms with Gasteiger partial charge in [0.15, 0.2) is 5.11 Å². The fourth-order valence-electron chi connectivity index (χ4n) is 4.44. The van der Waals surface area contributed by atoms with Crippen molar-refractivity contribution >= 4 is 23.0 Å². The minimum Gasteiger partial charge on any atom is -0.508 e. The van der Waals surface area contributed by atoms with Crippen molar-refractivity contribution in [1.82, 2.24) is 14.9 Å². The zero-order valence-corrected chi connectivity index (χ0v) is 19.4. The Morgan fingerprint density at radius 2 is 1.64 bits per heavy atom. The SMILES string of the molecule is CC(C)c1ccc(N2C(=S)N[C@@H](c3ccccn3)[C@@H]2c2cccn2-c2ccc(O)cc2)cc1. The zero-order valence-electron chi connectivity index (χ0n) is 18.6. The maximum absolute atomic E-state index is 9.76. The first-order chi connectivity index (χ1) is 16.0. The summed E-state index contributed by atoms with van der Waals surface area (Å²) in [7, 11) is 0. The fraction of sp³-hybridized carbons (Fsp3) is 0.185. The van der Waals surface area contributed by atoms with Gasteiger partial charge in [-0.2, -0.15) is 0 Å². The second-order valence-electron chi connectivity index (χ2n) is 8.56. The molecule has 33 heavy (non-hydrogen) atoms. The number of nitrogens with one attached hydrogen (secondary N) is 1. The first-order valence-electron chi connectivity index (χ1n) is 11.1. The maximum atomic E-state index is 9.76. The molecule has 0 aliphatic carbocycles. The van der Waals surface area contributed by atoms with Crippen LogP contribution in [-0.4, -0.2) is 19.8 Å². The van der Waals surface area contributed by atoms with E-state index in [2.05, 4.69) is 63.9 Å². The van der Waals surface area contributed by atoms with Gasteiger partial charge in [-0.15, -0.1) is 0 Å². The van der Waals surface area contributed by atoms with Gasteiger partial charge in [0.2, 0.25) is 0 Å². The first-order valence-corrected chi connectivity index (χ1v) is 11.5. The molecule has 1 aliphatic rings. The van der Waals surface area contributed by atoms with Crippen LogP contribution < -0.4 is 10.2 Å². The van der Waals surface area contributed by atoms with Crippen LogP contribution in [0.25, 0.3) is 5.69 Å². The summed E-state index contributed by atoms with van der Waals surface area (Å²) >= 11 is 5.86. The number of thiocarbonyl (C=S) groups is 1. The number of benzene rings is 2. The number of phenolic OH excluding ortho intramolecular Hbond substituents is 1. The van der Waals surface area contributed by atoms with E-state index in [4.69, 9.17) is 12.2 Å².